The van der Waals surface area contributed by atoms with Crippen molar-refractivity contribution < 1.29 is 13.2 Å². The van der Waals surface area contributed by atoms with E-state index in [2.05, 4.69) is 25.9 Å². The minimum absolute atomic E-state index is 0.0712. The molecule has 0 saturated heterocycles. The van der Waals surface area contributed by atoms with Crippen LogP contribution in [-0.4, -0.2) is 23.6 Å². The van der Waals surface area contributed by atoms with E-state index in [4.69, 9.17) is 0 Å². The van der Waals surface area contributed by atoms with Gasteiger partial charge in [-0.3, -0.25) is 0 Å². The molecule has 0 saturated carbocycles. The number of alkyl halides is 3. The van der Waals surface area contributed by atoms with Gasteiger partial charge in [0.2, 0.25) is 5.95 Å². The van der Waals surface area contributed by atoms with Gasteiger partial charge in [0, 0.05) is 24.3 Å². The first-order valence-electron chi connectivity index (χ1n) is 6.22. The molecule has 112 valence electrons. The lowest BCUT2D eigenvalue weighted by Gasteiger charge is -2.18. The number of aromatic nitrogens is 2. The predicted molar refractivity (Wildman–Crippen MR) is 78.2 cm³/mol. The van der Waals surface area contributed by atoms with E-state index in [0.29, 0.717) is 13.0 Å². The van der Waals surface area contributed by atoms with Crippen LogP contribution < -0.4 is 4.90 Å². The van der Waals surface area contributed by atoms with Crippen LogP contribution in [0.25, 0.3) is 0 Å². The summed E-state index contributed by atoms with van der Waals surface area (Å²) in [4.78, 5) is 9.05. The first kappa shape index (κ1) is 15.8. The van der Waals surface area contributed by atoms with E-state index < -0.39 is 11.9 Å². The van der Waals surface area contributed by atoms with Crippen LogP contribution >= 0.6 is 15.9 Å². The third-order valence-corrected chi connectivity index (χ3v) is 3.45. The summed E-state index contributed by atoms with van der Waals surface area (Å²) < 4.78 is 38.8. The Hall–Kier alpha value is -1.63. The van der Waals surface area contributed by atoms with E-state index in [1.165, 1.54) is 0 Å². The van der Waals surface area contributed by atoms with Crippen molar-refractivity contribution in [2.24, 2.45) is 0 Å². The molecule has 0 aliphatic rings. The van der Waals surface area contributed by atoms with Crippen LogP contribution in [0.5, 0.6) is 0 Å². The molecule has 1 heterocycles. The molecule has 0 unspecified atom stereocenters. The van der Waals surface area contributed by atoms with Crippen LogP contribution in [-0.2, 0) is 12.6 Å². The molecule has 0 aliphatic heterocycles. The second kappa shape index (κ2) is 6.43. The zero-order chi connectivity index (χ0) is 15.5. The average Bonchev–Trinajstić information content (AvgIpc) is 2.45. The highest BCUT2D eigenvalue weighted by molar-refractivity contribution is 9.10. The summed E-state index contributed by atoms with van der Waals surface area (Å²) in [5.41, 5.74) is 0.167. The van der Waals surface area contributed by atoms with Gasteiger partial charge >= 0.3 is 6.18 Å². The van der Waals surface area contributed by atoms with Gasteiger partial charge in [0.25, 0.3) is 0 Å². The van der Waals surface area contributed by atoms with Crippen molar-refractivity contribution in [1.29, 1.82) is 0 Å². The van der Waals surface area contributed by atoms with E-state index in [-0.39, 0.29) is 5.95 Å². The first-order chi connectivity index (χ1) is 9.86. The Bertz CT molecular complexity index is 599. The number of benzene rings is 1. The van der Waals surface area contributed by atoms with Crippen molar-refractivity contribution in [3.8, 4) is 0 Å². The van der Waals surface area contributed by atoms with Gasteiger partial charge in [-0.05, 0) is 30.2 Å². The summed E-state index contributed by atoms with van der Waals surface area (Å²) in [6.45, 7) is 0.531. The number of nitrogens with zero attached hydrogens (tertiary/aromatic N) is 3. The van der Waals surface area contributed by atoms with Gasteiger partial charge in [-0.25, -0.2) is 9.97 Å². The zero-order valence-electron chi connectivity index (χ0n) is 11.2. The topological polar surface area (TPSA) is 29.0 Å². The van der Waals surface area contributed by atoms with E-state index >= 15 is 0 Å². The molecule has 0 spiro atoms. The van der Waals surface area contributed by atoms with Crippen molar-refractivity contribution in [2.75, 3.05) is 18.5 Å². The molecule has 0 amide bonds. The standard InChI is InChI=1S/C14H13BrF3N3/c1-21(9-7-10-2-4-11(15)5-3-10)13-19-8-6-12(20-13)14(16,17)18/h2-6,8H,7,9H2,1H3. The van der Waals surface area contributed by atoms with Gasteiger partial charge in [-0.2, -0.15) is 13.2 Å². The Morgan fingerprint density at radius 2 is 1.81 bits per heavy atom. The maximum atomic E-state index is 12.6. The Balaban J connectivity index is 2.03. The highest BCUT2D eigenvalue weighted by atomic mass is 79.9. The van der Waals surface area contributed by atoms with Gasteiger partial charge in [-0.1, -0.05) is 28.1 Å². The fourth-order valence-corrected chi connectivity index (χ4v) is 2.00. The molecule has 2 aromatic rings. The number of rotatable bonds is 4. The minimum Gasteiger partial charge on any atom is -0.344 e. The average molecular weight is 360 g/mol. The van der Waals surface area contributed by atoms with Crippen molar-refractivity contribution in [3.05, 3.63) is 52.3 Å². The maximum Gasteiger partial charge on any atom is 0.433 e. The largest absolute Gasteiger partial charge is 0.433 e. The molecule has 2 rings (SSSR count). The summed E-state index contributed by atoms with van der Waals surface area (Å²) in [5, 5.41) is 0. The van der Waals surface area contributed by atoms with Crippen molar-refractivity contribution in [1.82, 2.24) is 9.97 Å². The summed E-state index contributed by atoms with van der Waals surface area (Å²) in [7, 11) is 1.67. The minimum atomic E-state index is -4.45. The molecular weight excluding hydrogens is 347 g/mol. The molecule has 1 aromatic heterocycles. The molecule has 7 heteroatoms. The molecule has 0 atom stereocenters. The van der Waals surface area contributed by atoms with Crippen LogP contribution in [0.1, 0.15) is 11.3 Å². The molecule has 0 fully saturated rings. The zero-order valence-corrected chi connectivity index (χ0v) is 12.8. The van der Waals surface area contributed by atoms with Gasteiger partial charge < -0.3 is 4.90 Å². The van der Waals surface area contributed by atoms with Crippen LogP contribution in [0.4, 0.5) is 19.1 Å². The number of hydrogen-bond donors (Lipinski definition) is 0. The normalized spacial score (nSPS) is 11.5. The number of anilines is 1. The lowest BCUT2D eigenvalue weighted by atomic mass is 10.1. The fourth-order valence-electron chi connectivity index (χ4n) is 1.74. The lowest BCUT2D eigenvalue weighted by molar-refractivity contribution is -0.141. The SMILES string of the molecule is CN(CCc1ccc(Br)cc1)c1nccc(C(F)(F)F)n1. The fraction of sp³-hybridized carbons (Fsp3) is 0.286. The molecule has 3 nitrogen and oxygen atoms in total. The molecule has 0 aliphatic carbocycles. The third-order valence-electron chi connectivity index (χ3n) is 2.92. The molecule has 1 aromatic carbocycles. The highest BCUT2D eigenvalue weighted by Gasteiger charge is 2.33. The summed E-state index contributed by atoms with van der Waals surface area (Å²) in [6.07, 6.45) is -2.63. The summed E-state index contributed by atoms with van der Waals surface area (Å²) in [6, 6.07) is 8.65. The van der Waals surface area contributed by atoms with Crippen molar-refractivity contribution in [3.63, 3.8) is 0 Å². The number of halogens is 4. The molecule has 21 heavy (non-hydrogen) atoms. The van der Waals surface area contributed by atoms with Crippen LogP contribution in [0.15, 0.2) is 41.0 Å². The molecule has 0 bridgehead atoms. The number of likely N-dealkylation sites (N-methyl/N-ethyl adjacent to an activating group) is 1. The van der Waals surface area contributed by atoms with Gasteiger partial charge in [0.15, 0.2) is 0 Å². The van der Waals surface area contributed by atoms with Gasteiger partial charge in [-0.15, -0.1) is 0 Å². The first-order valence-corrected chi connectivity index (χ1v) is 7.01. The third kappa shape index (κ3) is 4.42. The van der Waals surface area contributed by atoms with Crippen LogP contribution in [0, 0.1) is 0 Å². The molecule has 0 N–H and O–H groups in total. The van der Waals surface area contributed by atoms with E-state index in [9.17, 15) is 13.2 Å². The Morgan fingerprint density at radius 3 is 2.43 bits per heavy atom. The Morgan fingerprint density at radius 1 is 1.14 bits per heavy atom. The Labute approximate surface area is 129 Å². The summed E-state index contributed by atoms with van der Waals surface area (Å²) in [5.74, 6) is 0.0712. The van der Waals surface area contributed by atoms with E-state index in [0.717, 1.165) is 22.3 Å². The second-order valence-corrected chi connectivity index (χ2v) is 5.45. The van der Waals surface area contributed by atoms with E-state index in [1.54, 1.807) is 11.9 Å². The van der Waals surface area contributed by atoms with Crippen molar-refractivity contribution in [2.45, 2.75) is 12.6 Å². The quantitative estimate of drug-likeness (QED) is 0.827. The second-order valence-electron chi connectivity index (χ2n) is 4.54. The Kier molecular flexibility index (Phi) is 4.82. The molecular formula is C14H13BrF3N3. The molecule has 0 radical (unpaired) electrons. The number of hydrogen-bond acceptors (Lipinski definition) is 3. The highest BCUT2D eigenvalue weighted by Crippen LogP contribution is 2.27. The lowest BCUT2D eigenvalue weighted by Crippen LogP contribution is -2.23. The van der Waals surface area contributed by atoms with E-state index in [1.807, 2.05) is 24.3 Å². The van der Waals surface area contributed by atoms with Crippen LogP contribution in [0.3, 0.4) is 0 Å². The summed E-state index contributed by atoms with van der Waals surface area (Å²) >= 11 is 3.35. The maximum absolute atomic E-state index is 12.6. The van der Waals surface area contributed by atoms with Crippen molar-refractivity contribution >= 4 is 21.9 Å². The van der Waals surface area contributed by atoms with Crippen LogP contribution in [0.2, 0.25) is 0 Å². The predicted octanol–water partition coefficient (Wildman–Crippen LogP) is 3.94. The smallest absolute Gasteiger partial charge is 0.344 e. The van der Waals surface area contributed by atoms with Gasteiger partial charge in [0.1, 0.15) is 5.69 Å². The monoisotopic (exact) mass is 359 g/mol. The van der Waals surface area contributed by atoms with Gasteiger partial charge in [0.05, 0.1) is 0 Å².